The molecule has 2 heterocycles. The Hall–Kier alpha value is -1.93. The van der Waals surface area contributed by atoms with Crippen molar-refractivity contribution in [2.75, 3.05) is 13.1 Å². The molecular formula is C21H25IN4S. The maximum Gasteiger partial charge on any atom is 0.191 e. The molecule has 6 heteroatoms. The molecule has 0 fully saturated rings. The van der Waals surface area contributed by atoms with Gasteiger partial charge in [-0.25, -0.2) is 4.99 Å². The Kier molecular flexibility index (Phi) is 9.27. The molecule has 27 heavy (non-hydrogen) atoms. The van der Waals surface area contributed by atoms with Crippen LogP contribution in [0.4, 0.5) is 0 Å². The number of nitrogens with one attached hydrogen (secondary N) is 2. The first-order chi connectivity index (χ1) is 12.8. The summed E-state index contributed by atoms with van der Waals surface area (Å²) in [7, 11) is 0. The van der Waals surface area contributed by atoms with Gasteiger partial charge in [-0.05, 0) is 48.6 Å². The number of benzene rings is 1. The molecule has 0 aliphatic heterocycles. The van der Waals surface area contributed by atoms with Crippen molar-refractivity contribution in [1.29, 1.82) is 0 Å². The number of thiophene rings is 1. The topological polar surface area (TPSA) is 49.3 Å². The van der Waals surface area contributed by atoms with Gasteiger partial charge in [0.05, 0.1) is 12.2 Å². The SMILES string of the molecule is CCNC(=NCc1cccc(-c2ccccn2)c1)NCCc1cccs1.I. The van der Waals surface area contributed by atoms with Crippen LogP contribution in [0.3, 0.4) is 0 Å². The van der Waals surface area contributed by atoms with Crippen molar-refractivity contribution in [3.05, 3.63) is 76.6 Å². The molecule has 0 saturated heterocycles. The highest BCUT2D eigenvalue weighted by molar-refractivity contribution is 14.0. The van der Waals surface area contributed by atoms with E-state index in [1.165, 1.54) is 10.4 Å². The van der Waals surface area contributed by atoms with Crippen LogP contribution >= 0.6 is 35.3 Å². The number of aromatic nitrogens is 1. The van der Waals surface area contributed by atoms with E-state index < -0.39 is 0 Å². The first-order valence-corrected chi connectivity index (χ1v) is 9.78. The third-order valence-corrected chi connectivity index (χ3v) is 4.83. The second-order valence-electron chi connectivity index (χ2n) is 5.87. The van der Waals surface area contributed by atoms with Crippen molar-refractivity contribution in [2.45, 2.75) is 19.9 Å². The zero-order valence-corrected chi connectivity index (χ0v) is 18.5. The summed E-state index contributed by atoms with van der Waals surface area (Å²) in [4.78, 5) is 10.5. The van der Waals surface area contributed by atoms with Crippen LogP contribution < -0.4 is 10.6 Å². The van der Waals surface area contributed by atoms with E-state index in [0.717, 1.165) is 36.7 Å². The summed E-state index contributed by atoms with van der Waals surface area (Å²) in [6, 6.07) is 18.6. The molecule has 0 aliphatic carbocycles. The van der Waals surface area contributed by atoms with Crippen LogP contribution in [-0.4, -0.2) is 24.0 Å². The first kappa shape index (κ1) is 21.4. The number of hydrogen-bond donors (Lipinski definition) is 2. The summed E-state index contributed by atoms with van der Waals surface area (Å²) in [5.74, 6) is 0.854. The van der Waals surface area contributed by atoms with Crippen LogP contribution in [0, 0.1) is 0 Å². The van der Waals surface area contributed by atoms with Crippen LogP contribution in [0.5, 0.6) is 0 Å². The Bertz CT molecular complexity index is 819. The number of hydrogen-bond acceptors (Lipinski definition) is 3. The molecule has 1 aromatic carbocycles. The van der Waals surface area contributed by atoms with E-state index in [4.69, 9.17) is 4.99 Å². The maximum absolute atomic E-state index is 4.71. The van der Waals surface area contributed by atoms with Crippen molar-refractivity contribution in [1.82, 2.24) is 15.6 Å². The fraction of sp³-hybridized carbons (Fsp3) is 0.238. The van der Waals surface area contributed by atoms with Gasteiger partial charge >= 0.3 is 0 Å². The maximum atomic E-state index is 4.71. The minimum absolute atomic E-state index is 0. The third-order valence-electron chi connectivity index (χ3n) is 3.90. The number of guanidine groups is 1. The molecule has 4 nitrogen and oxygen atoms in total. The normalized spacial score (nSPS) is 10.9. The predicted octanol–water partition coefficient (Wildman–Crippen LogP) is 4.73. The molecule has 0 radical (unpaired) electrons. The van der Waals surface area contributed by atoms with Crippen LogP contribution in [0.25, 0.3) is 11.3 Å². The van der Waals surface area contributed by atoms with Gasteiger partial charge in [-0.1, -0.05) is 30.3 Å². The quantitative estimate of drug-likeness (QED) is 0.285. The summed E-state index contributed by atoms with van der Waals surface area (Å²) in [6.45, 7) is 4.44. The Balaban J connectivity index is 0.00000261. The molecule has 0 saturated carbocycles. The van der Waals surface area contributed by atoms with Gasteiger partial charge in [0, 0.05) is 29.7 Å². The average molecular weight is 492 g/mol. The molecule has 3 aromatic rings. The van der Waals surface area contributed by atoms with Crippen LogP contribution in [0.15, 0.2) is 71.2 Å². The highest BCUT2D eigenvalue weighted by Gasteiger charge is 2.02. The monoisotopic (exact) mass is 492 g/mol. The van der Waals surface area contributed by atoms with Crippen molar-refractivity contribution in [2.24, 2.45) is 4.99 Å². The van der Waals surface area contributed by atoms with Gasteiger partial charge in [-0.2, -0.15) is 0 Å². The fourth-order valence-corrected chi connectivity index (χ4v) is 3.34. The Morgan fingerprint density at radius 3 is 2.74 bits per heavy atom. The summed E-state index contributed by atoms with van der Waals surface area (Å²) < 4.78 is 0. The molecular weight excluding hydrogens is 467 g/mol. The lowest BCUT2D eigenvalue weighted by molar-refractivity contribution is 0.804. The standard InChI is InChI=1S/C21H24N4S.HI/c1-2-22-21(24-13-11-19-9-6-14-26-19)25-16-17-7-5-8-18(15-17)20-10-3-4-12-23-20;/h3-10,12,14-15H,2,11,13,16H2,1H3,(H2,22,24,25);1H. The molecule has 142 valence electrons. The van der Waals surface area contributed by atoms with Gasteiger partial charge in [0.2, 0.25) is 0 Å². The lowest BCUT2D eigenvalue weighted by Crippen LogP contribution is -2.38. The van der Waals surface area contributed by atoms with Crippen molar-refractivity contribution < 1.29 is 0 Å². The molecule has 0 aliphatic rings. The Labute approximate surface area is 182 Å². The van der Waals surface area contributed by atoms with E-state index in [1.807, 2.05) is 24.4 Å². The van der Waals surface area contributed by atoms with Gasteiger partial charge in [0.15, 0.2) is 5.96 Å². The zero-order valence-electron chi connectivity index (χ0n) is 15.4. The number of rotatable bonds is 7. The lowest BCUT2D eigenvalue weighted by Gasteiger charge is -2.11. The Morgan fingerprint density at radius 2 is 2.00 bits per heavy atom. The number of halogens is 1. The van der Waals surface area contributed by atoms with E-state index in [9.17, 15) is 0 Å². The fourth-order valence-electron chi connectivity index (χ4n) is 2.63. The molecule has 0 bridgehead atoms. The van der Waals surface area contributed by atoms with Gasteiger partial charge in [0.25, 0.3) is 0 Å². The van der Waals surface area contributed by atoms with E-state index >= 15 is 0 Å². The van der Waals surface area contributed by atoms with Gasteiger partial charge in [-0.3, -0.25) is 4.98 Å². The van der Waals surface area contributed by atoms with Crippen molar-refractivity contribution in [3.63, 3.8) is 0 Å². The third kappa shape index (κ3) is 6.95. The summed E-state index contributed by atoms with van der Waals surface area (Å²) in [6.07, 6.45) is 2.83. The van der Waals surface area contributed by atoms with Crippen LogP contribution in [-0.2, 0) is 13.0 Å². The molecule has 0 unspecified atom stereocenters. The van der Waals surface area contributed by atoms with E-state index in [-0.39, 0.29) is 24.0 Å². The minimum Gasteiger partial charge on any atom is -0.357 e. The van der Waals surface area contributed by atoms with E-state index in [0.29, 0.717) is 6.54 Å². The molecule has 2 aromatic heterocycles. The smallest absolute Gasteiger partial charge is 0.191 e. The molecule has 0 atom stereocenters. The summed E-state index contributed by atoms with van der Waals surface area (Å²) in [5.41, 5.74) is 3.27. The molecule has 0 amide bonds. The zero-order chi connectivity index (χ0) is 18.0. The van der Waals surface area contributed by atoms with Crippen molar-refractivity contribution in [3.8, 4) is 11.3 Å². The second kappa shape index (κ2) is 11.7. The first-order valence-electron chi connectivity index (χ1n) is 8.90. The van der Waals surface area contributed by atoms with Crippen molar-refractivity contribution >= 4 is 41.3 Å². The molecule has 0 spiro atoms. The summed E-state index contributed by atoms with van der Waals surface area (Å²) in [5, 5.41) is 8.83. The minimum atomic E-state index is 0. The average Bonchev–Trinajstić information content (AvgIpc) is 3.20. The van der Waals surface area contributed by atoms with Crippen LogP contribution in [0.2, 0.25) is 0 Å². The highest BCUT2D eigenvalue weighted by Crippen LogP contribution is 2.18. The molecule has 3 rings (SSSR count). The van der Waals surface area contributed by atoms with Gasteiger partial charge in [-0.15, -0.1) is 35.3 Å². The van der Waals surface area contributed by atoms with Gasteiger partial charge < -0.3 is 10.6 Å². The largest absolute Gasteiger partial charge is 0.357 e. The van der Waals surface area contributed by atoms with Crippen LogP contribution in [0.1, 0.15) is 17.4 Å². The Morgan fingerprint density at radius 1 is 1.07 bits per heavy atom. The number of pyridine rings is 1. The second-order valence-corrected chi connectivity index (χ2v) is 6.90. The number of aliphatic imine (C=N–C) groups is 1. The summed E-state index contributed by atoms with van der Waals surface area (Å²) >= 11 is 1.79. The molecule has 2 N–H and O–H groups in total. The predicted molar refractivity (Wildman–Crippen MR) is 126 cm³/mol. The lowest BCUT2D eigenvalue weighted by atomic mass is 10.1. The van der Waals surface area contributed by atoms with E-state index in [2.05, 4.69) is 64.3 Å². The van der Waals surface area contributed by atoms with E-state index in [1.54, 1.807) is 11.3 Å². The highest BCUT2D eigenvalue weighted by atomic mass is 127. The number of nitrogens with zero attached hydrogens (tertiary/aromatic N) is 2. The van der Waals surface area contributed by atoms with Gasteiger partial charge in [0.1, 0.15) is 0 Å².